The molecule has 1 heterocycles. The number of pyridine rings is 1. The van der Waals surface area contributed by atoms with E-state index in [4.69, 9.17) is 4.74 Å². The van der Waals surface area contributed by atoms with E-state index in [-0.39, 0.29) is 0 Å². The molecule has 0 aliphatic heterocycles. The molecular weight excluding hydrogens is 226 g/mol. The Kier molecular flexibility index (Phi) is 6.73. The lowest BCUT2D eigenvalue weighted by molar-refractivity contribution is 0.159. The largest absolute Gasteiger partial charge is 0.477 e. The van der Waals surface area contributed by atoms with E-state index >= 15 is 0 Å². The molecule has 0 radical (unpaired) electrons. The van der Waals surface area contributed by atoms with Crippen LogP contribution in [0.4, 0.5) is 0 Å². The summed E-state index contributed by atoms with van der Waals surface area (Å²) in [7, 11) is 0. The van der Waals surface area contributed by atoms with Gasteiger partial charge in [-0.1, -0.05) is 46.1 Å². The van der Waals surface area contributed by atoms with Gasteiger partial charge in [-0.05, 0) is 18.4 Å². The highest BCUT2D eigenvalue weighted by Crippen LogP contribution is 2.19. The van der Waals surface area contributed by atoms with Gasteiger partial charge in [0, 0.05) is 6.07 Å². The number of hydrogen-bond acceptors (Lipinski definition) is 3. The predicted octanol–water partition coefficient (Wildman–Crippen LogP) is 3.73. The Morgan fingerprint density at radius 3 is 2.56 bits per heavy atom. The lowest BCUT2D eigenvalue weighted by Gasteiger charge is -2.14. The summed E-state index contributed by atoms with van der Waals surface area (Å²) in [6.45, 7) is 7.10. The average molecular weight is 251 g/mol. The van der Waals surface area contributed by atoms with Gasteiger partial charge in [0.15, 0.2) is 0 Å². The molecule has 3 heteroatoms. The maximum atomic E-state index is 9.90. The molecule has 0 bridgehead atoms. The molecule has 3 nitrogen and oxygen atoms in total. The molecule has 0 saturated carbocycles. The Hall–Kier alpha value is -1.09. The first-order valence-electron chi connectivity index (χ1n) is 6.99. The van der Waals surface area contributed by atoms with Gasteiger partial charge < -0.3 is 9.84 Å². The van der Waals surface area contributed by atoms with Crippen molar-refractivity contribution >= 4 is 0 Å². The Balaban J connectivity index is 2.59. The van der Waals surface area contributed by atoms with E-state index < -0.39 is 6.10 Å². The first-order chi connectivity index (χ1) is 8.71. The molecule has 1 N–H and O–H groups in total. The number of aromatic nitrogens is 1. The molecule has 0 aliphatic carbocycles. The molecule has 1 aromatic rings. The van der Waals surface area contributed by atoms with Crippen LogP contribution in [0.3, 0.4) is 0 Å². The third kappa shape index (κ3) is 4.65. The molecular formula is C15H25NO2. The second-order valence-electron chi connectivity index (χ2n) is 4.70. The molecule has 102 valence electrons. The summed E-state index contributed by atoms with van der Waals surface area (Å²) in [5, 5.41) is 9.90. The fourth-order valence-electron chi connectivity index (χ4n) is 1.85. The number of rotatable bonds is 8. The Labute approximate surface area is 110 Å². The van der Waals surface area contributed by atoms with Crippen LogP contribution in [0.5, 0.6) is 5.88 Å². The van der Waals surface area contributed by atoms with Gasteiger partial charge in [-0.15, -0.1) is 0 Å². The van der Waals surface area contributed by atoms with Crippen LogP contribution in [0.2, 0.25) is 0 Å². The minimum atomic E-state index is -0.480. The summed E-state index contributed by atoms with van der Waals surface area (Å²) in [4.78, 5) is 4.36. The van der Waals surface area contributed by atoms with Gasteiger partial charge in [-0.25, -0.2) is 4.98 Å². The third-order valence-corrected chi connectivity index (χ3v) is 3.27. The second-order valence-corrected chi connectivity index (χ2v) is 4.70. The molecule has 18 heavy (non-hydrogen) atoms. The summed E-state index contributed by atoms with van der Waals surface area (Å²) in [6, 6.07) is 5.60. The number of aliphatic hydroxyl groups excluding tert-OH is 1. The van der Waals surface area contributed by atoms with Crippen LogP contribution in [0.15, 0.2) is 18.2 Å². The lowest BCUT2D eigenvalue weighted by atomic mass is 10.1. The van der Waals surface area contributed by atoms with E-state index in [2.05, 4.69) is 25.8 Å². The average Bonchev–Trinajstić information content (AvgIpc) is 2.40. The van der Waals surface area contributed by atoms with E-state index in [1.54, 1.807) is 0 Å². The third-order valence-electron chi connectivity index (χ3n) is 3.27. The molecule has 0 fully saturated rings. The summed E-state index contributed by atoms with van der Waals surface area (Å²) < 4.78 is 5.70. The van der Waals surface area contributed by atoms with E-state index in [0.29, 0.717) is 24.1 Å². The van der Waals surface area contributed by atoms with Crippen LogP contribution in [-0.4, -0.2) is 16.7 Å². The lowest BCUT2D eigenvalue weighted by Crippen LogP contribution is -2.11. The van der Waals surface area contributed by atoms with E-state index in [9.17, 15) is 5.11 Å². The summed E-state index contributed by atoms with van der Waals surface area (Å²) in [6.07, 6.45) is 3.44. The number of nitrogens with zero attached hydrogens (tertiary/aromatic N) is 1. The fraction of sp³-hybridized carbons (Fsp3) is 0.667. The van der Waals surface area contributed by atoms with Crippen molar-refractivity contribution in [2.75, 3.05) is 6.61 Å². The Morgan fingerprint density at radius 2 is 1.94 bits per heavy atom. The van der Waals surface area contributed by atoms with Crippen molar-refractivity contribution < 1.29 is 9.84 Å². The van der Waals surface area contributed by atoms with Crippen LogP contribution in [0.1, 0.15) is 58.3 Å². The van der Waals surface area contributed by atoms with Crippen LogP contribution in [-0.2, 0) is 0 Å². The molecule has 1 unspecified atom stereocenters. The number of ether oxygens (including phenoxy) is 1. The highest BCUT2D eigenvalue weighted by molar-refractivity contribution is 5.17. The van der Waals surface area contributed by atoms with E-state index in [0.717, 1.165) is 25.7 Å². The zero-order valence-electron chi connectivity index (χ0n) is 11.7. The van der Waals surface area contributed by atoms with Gasteiger partial charge in [-0.3, -0.25) is 0 Å². The highest BCUT2D eigenvalue weighted by Gasteiger charge is 2.10. The predicted molar refractivity (Wildman–Crippen MR) is 73.7 cm³/mol. The smallest absolute Gasteiger partial charge is 0.213 e. The minimum Gasteiger partial charge on any atom is -0.477 e. The maximum absolute atomic E-state index is 9.90. The number of aliphatic hydroxyl groups is 1. The molecule has 0 amide bonds. The van der Waals surface area contributed by atoms with Crippen molar-refractivity contribution in [1.29, 1.82) is 0 Å². The molecule has 0 aromatic carbocycles. The van der Waals surface area contributed by atoms with Gasteiger partial charge in [0.05, 0.1) is 18.4 Å². The summed E-state index contributed by atoms with van der Waals surface area (Å²) in [5.74, 6) is 1.20. The van der Waals surface area contributed by atoms with Crippen molar-refractivity contribution in [1.82, 2.24) is 4.98 Å². The topological polar surface area (TPSA) is 42.4 Å². The fourth-order valence-corrected chi connectivity index (χ4v) is 1.85. The van der Waals surface area contributed by atoms with Crippen LogP contribution >= 0.6 is 0 Å². The molecule has 1 atom stereocenters. The van der Waals surface area contributed by atoms with Crippen molar-refractivity contribution in [3.8, 4) is 5.88 Å². The van der Waals surface area contributed by atoms with Crippen LogP contribution in [0.25, 0.3) is 0 Å². The zero-order chi connectivity index (χ0) is 13.4. The van der Waals surface area contributed by atoms with Crippen molar-refractivity contribution in [3.63, 3.8) is 0 Å². The van der Waals surface area contributed by atoms with Crippen molar-refractivity contribution in [2.24, 2.45) is 5.92 Å². The normalized spacial score (nSPS) is 12.7. The first-order valence-corrected chi connectivity index (χ1v) is 6.99. The molecule has 0 aliphatic rings. The molecule has 1 rings (SSSR count). The zero-order valence-corrected chi connectivity index (χ0v) is 11.7. The van der Waals surface area contributed by atoms with Gasteiger partial charge in [0.1, 0.15) is 0 Å². The van der Waals surface area contributed by atoms with E-state index in [1.165, 1.54) is 0 Å². The minimum absolute atomic E-state index is 0.480. The van der Waals surface area contributed by atoms with Crippen LogP contribution < -0.4 is 4.74 Å². The standard InChI is InChI=1S/C15H25NO2/c1-4-8-14(17)13-9-7-10-15(16-13)18-11-12(5-2)6-3/h7,9-10,12,14,17H,4-6,8,11H2,1-3H3. The quantitative estimate of drug-likeness (QED) is 0.765. The van der Waals surface area contributed by atoms with Gasteiger partial charge in [-0.2, -0.15) is 0 Å². The van der Waals surface area contributed by atoms with Crippen molar-refractivity contribution in [3.05, 3.63) is 23.9 Å². The molecule has 0 saturated heterocycles. The van der Waals surface area contributed by atoms with Crippen molar-refractivity contribution in [2.45, 2.75) is 52.6 Å². The van der Waals surface area contributed by atoms with E-state index in [1.807, 2.05) is 18.2 Å². The number of hydrogen-bond donors (Lipinski definition) is 1. The summed E-state index contributed by atoms with van der Waals surface area (Å²) >= 11 is 0. The summed E-state index contributed by atoms with van der Waals surface area (Å²) in [5.41, 5.74) is 0.707. The van der Waals surface area contributed by atoms with Gasteiger partial charge in [0.2, 0.25) is 5.88 Å². The Morgan fingerprint density at radius 1 is 1.22 bits per heavy atom. The van der Waals surface area contributed by atoms with Crippen LogP contribution in [0, 0.1) is 5.92 Å². The molecule has 1 aromatic heterocycles. The second kappa shape index (κ2) is 8.09. The SMILES string of the molecule is CCCC(O)c1cccc(OCC(CC)CC)n1. The monoisotopic (exact) mass is 251 g/mol. The maximum Gasteiger partial charge on any atom is 0.213 e. The molecule has 0 spiro atoms. The van der Waals surface area contributed by atoms with Gasteiger partial charge >= 0.3 is 0 Å². The van der Waals surface area contributed by atoms with Gasteiger partial charge in [0.25, 0.3) is 0 Å². The highest BCUT2D eigenvalue weighted by atomic mass is 16.5. The Bertz CT molecular complexity index is 337. The first kappa shape index (κ1) is 15.0.